The average molecular weight is 380 g/mol. The molecule has 2 N–H and O–H groups in total. The highest BCUT2D eigenvalue weighted by atomic mass is 32.1. The number of carboxylic acids is 1. The number of aliphatic carboxylic acids is 1. The van der Waals surface area contributed by atoms with E-state index >= 15 is 0 Å². The van der Waals surface area contributed by atoms with Crippen molar-refractivity contribution in [1.82, 2.24) is 5.32 Å². The number of carbonyl (C=O) groups excluding carboxylic acids is 1. The molecule has 3 rings (SSSR count). The third-order valence-corrected chi connectivity index (χ3v) is 7.26. The van der Waals surface area contributed by atoms with Crippen molar-refractivity contribution in [1.29, 1.82) is 0 Å². The van der Waals surface area contributed by atoms with Crippen molar-refractivity contribution in [3.05, 3.63) is 21.4 Å². The van der Waals surface area contributed by atoms with Gasteiger partial charge >= 0.3 is 5.97 Å². The van der Waals surface area contributed by atoms with Crippen LogP contribution in [0.1, 0.15) is 60.1 Å². The second-order valence-electron chi connectivity index (χ2n) is 8.75. The van der Waals surface area contributed by atoms with E-state index in [1.54, 1.807) is 11.3 Å². The van der Waals surface area contributed by atoms with Crippen LogP contribution in [0.15, 0.2) is 6.07 Å². The van der Waals surface area contributed by atoms with Crippen LogP contribution in [0.4, 0.5) is 0 Å². The number of carboxylic acid groups (broad SMARTS) is 1. The smallest absolute Gasteiger partial charge is 0.311 e. The summed E-state index contributed by atoms with van der Waals surface area (Å²) < 4.78 is 5.28. The maximum atomic E-state index is 12.6. The van der Waals surface area contributed by atoms with E-state index in [2.05, 4.69) is 26.1 Å². The van der Waals surface area contributed by atoms with E-state index in [4.69, 9.17) is 4.74 Å². The summed E-state index contributed by atoms with van der Waals surface area (Å²) in [6, 6.07) is 2.02. The second kappa shape index (κ2) is 7.31. The molecule has 1 unspecified atom stereocenters. The van der Waals surface area contributed by atoms with Crippen molar-refractivity contribution in [2.75, 3.05) is 19.8 Å². The molecule has 0 radical (unpaired) electrons. The van der Waals surface area contributed by atoms with Gasteiger partial charge in [0, 0.05) is 24.6 Å². The molecule has 2 aliphatic rings. The van der Waals surface area contributed by atoms with Gasteiger partial charge in [-0.3, -0.25) is 9.59 Å². The lowest BCUT2D eigenvalue weighted by molar-refractivity contribution is -0.154. The zero-order valence-corrected chi connectivity index (χ0v) is 16.7. The Balaban J connectivity index is 1.66. The predicted octanol–water partition coefficient (Wildman–Crippen LogP) is 3.51. The van der Waals surface area contributed by atoms with Crippen molar-refractivity contribution >= 4 is 23.2 Å². The van der Waals surface area contributed by atoms with Gasteiger partial charge in [-0.1, -0.05) is 20.8 Å². The molecule has 1 aromatic rings. The Bertz CT molecular complexity index is 682. The van der Waals surface area contributed by atoms with E-state index < -0.39 is 11.4 Å². The first kappa shape index (κ1) is 19.4. The van der Waals surface area contributed by atoms with Gasteiger partial charge in [0.1, 0.15) is 0 Å². The molecule has 0 saturated carbocycles. The van der Waals surface area contributed by atoms with E-state index in [0.29, 0.717) is 36.9 Å². The number of aryl methyl sites for hydroxylation is 1. The molecule has 2 heterocycles. The van der Waals surface area contributed by atoms with E-state index in [-0.39, 0.29) is 17.9 Å². The molecule has 1 saturated heterocycles. The zero-order chi connectivity index (χ0) is 18.9. The Morgan fingerprint density at radius 1 is 1.35 bits per heavy atom. The standard InChI is InChI=1S/C20H29NO4S/c1-19(2,3)14-4-5-15-13(10-14)11-16(26-15)17(22)21-12-20(18(23)24)6-8-25-9-7-20/h11,14H,4-10,12H2,1-3H3,(H,21,22)(H,23,24). The Hall–Kier alpha value is -1.40. The molecule has 144 valence electrons. The fraction of sp³-hybridized carbons (Fsp3) is 0.700. The molecule has 0 spiro atoms. The topological polar surface area (TPSA) is 75.6 Å². The molecule has 1 fully saturated rings. The fourth-order valence-corrected chi connectivity index (χ4v) is 5.06. The van der Waals surface area contributed by atoms with Crippen LogP contribution in [0.2, 0.25) is 0 Å². The fourth-order valence-electron chi connectivity index (χ4n) is 3.94. The first-order chi connectivity index (χ1) is 12.2. The quantitative estimate of drug-likeness (QED) is 0.839. The minimum absolute atomic E-state index is 0.149. The average Bonchev–Trinajstić information content (AvgIpc) is 3.03. The second-order valence-corrected chi connectivity index (χ2v) is 9.88. The van der Waals surface area contributed by atoms with E-state index in [1.165, 1.54) is 16.9 Å². The van der Waals surface area contributed by atoms with Gasteiger partial charge in [-0.15, -0.1) is 11.3 Å². The van der Waals surface area contributed by atoms with E-state index in [9.17, 15) is 14.7 Å². The zero-order valence-electron chi connectivity index (χ0n) is 15.9. The Morgan fingerprint density at radius 2 is 2.04 bits per heavy atom. The highest BCUT2D eigenvalue weighted by Crippen LogP contribution is 2.40. The molecule has 0 aromatic carbocycles. The van der Waals surface area contributed by atoms with Crippen molar-refractivity contribution in [3.63, 3.8) is 0 Å². The summed E-state index contributed by atoms with van der Waals surface area (Å²) in [5, 5.41) is 12.5. The first-order valence-electron chi connectivity index (χ1n) is 9.42. The predicted molar refractivity (Wildman–Crippen MR) is 102 cm³/mol. The van der Waals surface area contributed by atoms with Crippen LogP contribution in [-0.4, -0.2) is 36.7 Å². The van der Waals surface area contributed by atoms with Gasteiger partial charge in [-0.05, 0) is 55.1 Å². The van der Waals surface area contributed by atoms with Gasteiger partial charge < -0.3 is 15.2 Å². The normalized spacial score (nSPS) is 22.5. The molecule has 26 heavy (non-hydrogen) atoms. The summed E-state index contributed by atoms with van der Waals surface area (Å²) in [4.78, 5) is 26.4. The lowest BCUT2D eigenvalue weighted by Crippen LogP contribution is -2.46. The lowest BCUT2D eigenvalue weighted by atomic mass is 9.72. The summed E-state index contributed by atoms with van der Waals surface area (Å²) in [5.41, 5.74) is 0.673. The molecule has 0 bridgehead atoms. The number of amides is 1. The number of thiophene rings is 1. The SMILES string of the molecule is CC(C)(C)C1CCc2sc(C(=O)NCC3(C(=O)O)CCOCC3)cc2C1. The van der Waals surface area contributed by atoms with Crippen molar-refractivity contribution in [3.8, 4) is 0 Å². The van der Waals surface area contributed by atoms with Crippen LogP contribution in [0, 0.1) is 16.7 Å². The molecule has 1 aliphatic heterocycles. The monoisotopic (exact) mass is 379 g/mol. The third kappa shape index (κ3) is 3.96. The van der Waals surface area contributed by atoms with Crippen LogP contribution in [0.3, 0.4) is 0 Å². The molecule has 1 atom stereocenters. The Kier molecular flexibility index (Phi) is 5.45. The van der Waals surface area contributed by atoms with Crippen LogP contribution in [0.25, 0.3) is 0 Å². The van der Waals surface area contributed by atoms with Crippen LogP contribution >= 0.6 is 11.3 Å². The highest BCUT2D eigenvalue weighted by Gasteiger charge is 2.40. The first-order valence-corrected chi connectivity index (χ1v) is 10.2. The summed E-state index contributed by atoms with van der Waals surface area (Å²) in [5.74, 6) is -0.360. The van der Waals surface area contributed by atoms with E-state index in [1.807, 2.05) is 6.07 Å². The van der Waals surface area contributed by atoms with Gasteiger partial charge in [0.2, 0.25) is 0 Å². The maximum absolute atomic E-state index is 12.6. The lowest BCUT2D eigenvalue weighted by Gasteiger charge is -2.33. The molecular formula is C20H29NO4S. The minimum Gasteiger partial charge on any atom is -0.481 e. The summed E-state index contributed by atoms with van der Waals surface area (Å²) in [6.07, 6.45) is 4.11. The van der Waals surface area contributed by atoms with Crippen LogP contribution < -0.4 is 5.32 Å². The number of fused-ring (bicyclic) bond motifs is 1. The molecule has 6 heteroatoms. The van der Waals surface area contributed by atoms with Gasteiger partial charge in [-0.25, -0.2) is 0 Å². The molecule has 1 amide bonds. The van der Waals surface area contributed by atoms with Gasteiger partial charge in [0.15, 0.2) is 0 Å². The number of carbonyl (C=O) groups is 2. The third-order valence-electron chi connectivity index (χ3n) is 6.02. The van der Waals surface area contributed by atoms with Crippen molar-refractivity contribution in [2.24, 2.45) is 16.7 Å². The summed E-state index contributed by atoms with van der Waals surface area (Å²) in [6.45, 7) is 7.87. The number of hydrogen-bond acceptors (Lipinski definition) is 4. The number of hydrogen-bond donors (Lipinski definition) is 2. The highest BCUT2D eigenvalue weighted by molar-refractivity contribution is 7.14. The van der Waals surface area contributed by atoms with Gasteiger partial charge in [-0.2, -0.15) is 0 Å². The number of ether oxygens (including phenoxy) is 1. The van der Waals surface area contributed by atoms with Crippen molar-refractivity contribution in [2.45, 2.75) is 52.9 Å². The van der Waals surface area contributed by atoms with Crippen LogP contribution in [-0.2, 0) is 22.4 Å². The number of rotatable bonds is 4. The summed E-state index contributed by atoms with van der Waals surface area (Å²) >= 11 is 1.57. The minimum atomic E-state index is -0.901. The van der Waals surface area contributed by atoms with Gasteiger partial charge in [0.25, 0.3) is 5.91 Å². The Labute approximate surface area is 159 Å². The van der Waals surface area contributed by atoms with Gasteiger partial charge in [0.05, 0.1) is 10.3 Å². The van der Waals surface area contributed by atoms with Crippen molar-refractivity contribution < 1.29 is 19.4 Å². The van der Waals surface area contributed by atoms with Crippen LogP contribution in [0.5, 0.6) is 0 Å². The number of nitrogens with one attached hydrogen (secondary N) is 1. The molecular weight excluding hydrogens is 350 g/mol. The summed E-state index contributed by atoms with van der Waals surface area (Å²) in [7, 11) is 0. The molecule has 1 aromatic heterocycles. The largest absolute Gasteiger partial charge is 0.481 e. The van der Waals surface area contributed by atoms with E-state index in [0.717, 1.165) is 12.8 Å². The molecule has 1 aliphatic carbocycles. The Morgan fingerprint density at radius 3 is 2.65 bits per heavy atom. The molecule has 5 nitrogen and oxygen atoms in total. The maximum Gasteiger partial charge on any atom is 0.311 e.